The van der Waals surface area contributed by atoms with Crippen molar-refractivity contribution in [2.45, 2.75) is 44.6 Å². The lowest BCUT2D eigenvalue weighted by Gasteiger charge is -2.21. The van der Waals surface area contributed by atoms with Gasteiger partial charge in [-0.2, -0.15) is 0 Å². The van der Waals surface area contributed by atoms with Crippen molar-refractivity contribution in [2.24, 2.45) is 0 Å². The van der Waals surface area contributed by atoms with Crippen LogP contribution in [0.25, 0.3) is 5.69 Å². The summed E-state index contributed by atoms with van der Waals surface area (Å²) >= 11 is 6.19. The molecule has 210 valence electrons. The number of nitrogens with one attached hydrogen (secondary N) is 4. The number of amides is 4. The highest BCUT2D eigenvalue weighted by Crippen LogP contribution is 2.23. The third-order valence-electron chi connectivity index (χ3n) is 6.32. The summed E-state index contributed by atoms with van der Waals surface area (Å²) in [6.45, 7) is 0.288. The summed E-state index contributed by atoms with van der Waals surface area (Å²) in [7, 11) is 1.23. The van der Waals surface area contributed by atoms with Crippen molar-refractivity contribution >= 4 is 46.8 Å². The lowest BCUT2D eigenvalue weighted by atomic mass is 10.0. The Morgan fingerprint density at radius 1 is 1.15 bits per heavy atom. The van der Waals surface area contributed by atoms with Gasteiger partial charge in [0.05, 0.1) is 24.0 Å². The van der Waals surface area contributed by atoms with Gasteiger partial charge in [-0.05, 0) is 71.7 Å². The standard InChI is InChI=1S/C26H29ClN8O5/c1-40-26(39)30-18-8-9-19-21(14-18)31-23(36)6-4-2-3-5-20(32-24(19)37)25(38)28-12-11-16-13-17(27)7-10-22(16)35-15-29-33-34-35/h7-10,13-15,20H,2-6,11-12H2,1H3,(H,28,38)(H,30,39)(H,31,36)(H,32,37). The van der Waals surface area contributed by atoms with Gasteiger partial charge in [-0.25, -0.2) is 9.48 Å². The van der Waals surface area contributed by atoms with Gasteiger partial charge in [0.1, 0.15) is 12.4 Å². The Balaban J connectivity index is 1.47. The van der Waals surface area contributed by atoms with E-state index in [0.717, 1.165) is 11.3 Å². The predicted molar refractivity (Wildman–Crippen MR) is 146 cm³/mol. The van der Waals surface area contributed by atoms with E-state index >= 15 is 0 Å². The number of ether oxygens (including phenoxy) is 1. The quantitative estimate of drug-likeness (QED) is 0.352. The normalized spacial score (nSPS) is 15.9. The maximum absolute atomic E-state index is 13.3. The van der Waals surface area contributed by atoms with Crippen molar-refractivity contribution < 1.29 is 23.9 Å². The van der Waals surface area contributed by atoms with Gasteiger partial charge in [0.25, 0.3) is 5.91 Å². The molecule has 2 aromatic carbocycles. The van der Waals surface area contributed by atoms with Gasteiger partial charge in [0.2, 0.25) is 11.8 Å². The Bertz CT molecular complexity index is 1380. The van der Waals surface area contributed by atoms with Crippen LogP contribution in [-0.4, -0.2) is 63.7 Å². The highest BCUT2D eigenvalue weighted by atomic mass is 35.5. The van der Waals surface area contributed by atoms with E-state index < -0.39 is 18.0 Å². The van der Waals surface area contributed by atoms with Crippen LogP contribution in [0.4, 0.5) is 16.2 Å². The molecule has 14 heteroatoms. The molecule has 0 aliphatic carbocycles. The van der Waals surface area contributed by atoms with Crippen molar-refractivity contribution in [1.82, 2.24) is 30.8 Å². The predicted octanol–water partition coefficient (Wildman–Crippen LogP) is 2.85. The monoisotopic (exact) mass is 568 g/mol. The zero-order chi connectivity index (χ0) is 28.5. The number of hydrogen-bond acceptors (Lipinski definition) is 8. The molecule has 4 rings (SSSR count). The van der Waals surface area contributed by atoms with E-state index in [2.05, 4.69) is 41.5 Å². The summed E-state index contributed by atoms with van der Waals surface area (Å²) in [6.07, 6.45) is 3.88. The average Bonchev–Trinajstić information content (AvgIpc) is 3.46. The second kappa shape index (κ2) is 13.5. The Morgan fingerprint density at radius 2 is 2.00 bits per heavy atom. The first-order valence-electron chi connectivity index (χ1n) is 12.7. The molecule has 3 aromatic rings. The van der Waals surface area contributed by atoms with E-state index in [4.69, 9.17) is 11.6 Å². The molecule has 0 radical (unpaired) electrons. The van der Waals surface area contributed by atoms with E-state index in [1.165, 1.54) is 36.3 Å². The van der Waals surface area contributed by atoms with Crippen LogP contribution in [0.5, 0.6) is 0 Å². The van der Waals surface area contributed by atoms with E-state index in [1.807, 2.05) is 0 Å². The lowest BCUT2D eigenvalue weighted by Crippen LogP contribution is -2.47. The molecular formula is C26H29ClN8O5. The molecule has 0 fully saturated rings. The van der Waals surface area contributed by atoms with Crippen LogP contribution in [-0.2, 0) is 20.7 Å². The summed E-state index contributed by atoms with van der Waals surface area (Å²) in [4.78, 5) is 50.5. The zero-order valence-corrected chi connectivity index (χ0v) is 22.5. The van der Waals surface area contributed by atoms with Crippen LogP contribution in [0.2, 0.25) is 5.02 Å². The van der Waals surface area contributed by atoms with Gasteiger partial charge < -0.3 is 20.7 Å². The number of halogens is 1. The number of anilines is 2. The summed E-state index contributed by atoms with van der Waals surface area (Å²) < 4.78 is 6.12. The molecule has 40 heavy (non-hydrogen) atoms. The molecule has 0 bridgehead atoms. The molecule has 1 atom stereocenters. The van der Waals surface area contributed by atoms with Crippen LogP contribution in [0.3, 0.4) is 0 Å². The zero-order valence-electron chi connectivity index (χ0n) is 21.8. The number of aromatic nitrogens is 4. The minimum Gasteiger partial charge on any atom is -0.453 e. The Kier molecular flexibility index (Phi) is 9.62. The van der Waals surface area contributed by atoms with E-state index in [9.17, 15) is 19.2 Å². The van der Waals surface area contributed by atoms with Gasteiger partial charge in [-0.15, -0.1) is 5.10 Å². The van der Waals surface area contributed by atoms with Crippen LogP contribution >= 0.6 is 11.6 Å². The van der Waals surface area contributed by atoms with Gasteiger partial charge in [0, 0.05) is 23.7 Å². The molecule has 1 unspecified atom stereocenters. The highest BCUT2D eigenvalue weighted by molar-refractivity contribution is 6.30. The third-order valence-corrected chi connectivity index (χ3v) is 6.55. The van der Waals surface area contributed by atoms with Crippen molar-refractivity contribution in [1.29, 1.82) is 0 Å². The summed E-state index contributed by atoms with van der Waals surface area (Å²) in [5.41, 5.74) is 2.29. The average molecular weight is 569 g/mol. The number of methoxy groups -OCH3 is 1. The lowest BCUT2D eigenvalue weighted by molar-refractivity contribution is -0.123. The van der Waals surface area contributed by atoms with E-state index in [0.29, 0.717) is 42.8 Å². The summed E-state index contributed by atoms with van der Waals surface area (Å²) in [5.74, 6) is -1.11. The number of carbonyl (C=O) groups excluding carboxylic acids is 4. The first kappa shape index (κ1) is 28.5. The largest absolute Gasteiger partial charge is 0.453 e. The first-order valence-corrected chi connectivity index (χ1v) is 13.1. The number of fused-ring (bicyclic) bond motifs is 1. The molecule has 0 saturated heterocycles. The molecule has 4 N–H and O–H groups in total. The first-order chi connectivity index (χ1) is 19.3. The molecular weight excluding hydrogens is 540 g/mol. The Morgan fingerprint density at radius 3 is 2.77 bits per heavy atom. The second-order valence-electron chi connectivity index (χ2n) is 9.12. The van der Waals surface area contributed by atoms with Crippen molar-refractivity contribution in [3.63, 3.8) is 0 Å². The third kappa shape index (κ3) is 7.53. The topological polar surface area (TPSA) is 169 Å². The maximum Gasteiger partial charge on any atom is 0.411 e. The smallest absolute Gasteiger partial charge is 0.411 e. The molecule has 0 saturated carbocycles. The second-order valence-corrected chi connectivity index (χ2v) is 9.56. The van der Waals surface area contributed by atoms with Crippen LogP contribution in [0, 0.1) is 0 Å². The minimum absolute atomic E-state index is 0.159. The molecule has 0 spiro atoms. The van der Waals surface area contributed by atoms with Gasteiger partial charge in [-0.1, -0.05) is 24.4 Å². The molecule has 1 aliphatic heterocycles. The van der Waals surface area contributed by atoms with Gasteiger partial charge >= 0.3 is 6.09 Å². The SMILES string of the molecule is COC(=O)Nc1ccc2c(c1)NC(=O)CCCCCC(C(=O)NCCc1cc(Cl)ccc1-n1cnnn1)NC2=O. The Labute approximate surface area is 235 Å². The van der Waals surface area contributed by atoms with E-state index in [-0.39, 0.29) is 36.0 Å². The van der Waals surface area contributed by atoms with Crippen molar-refractivity contribution in [2.75, 3.05) is 24.3 Å². The van der Waals surface area contributed by atoms with Crippen LogP contribution in [0.1, 0.15) is 48.0 Å². The van der Waals surface area contributed by atoms with Crippen LogP contribution < -0.4 is 21.3 Å². The van der Waals surface area contributed by atoms with Crippen molar-refractivity contribution in [3.05, 3.63) is 58.9 Å². The van der Waals surface area contributed by atoms with Crippen molar-refractivity contribution in [3.8, 4) is 5.69 Å². The molecule has 13 nitrogen and oxygen atoms in total. The van der Waals surface area contributed by atoms with Gasteiger partial charge in [-0.3, -0.25) is 19.7 Å². The number of rotatable bonds is 6. The molecule has 1 aliphatic rings. The molecule has 2 heterocycles. The fraction of sp³-hybridized carbons (Fsp3) is 0.346. The number of carbonyl (C=O) groups is 4. The number of hydrogen-bond donors (Lipinski definition) is 4. The van der Waals surface area contributed by atoms with Crippen LogP contribution in [0.15, 0.2) is 42.7 Å². The summed E-state index contributed by atoms with van der Waals surface area (Å²) in [6, 6.07) is 8.98. The summed E-state index contributed by atoms with van der Waals surface area (Å²) in [5, 5.41) is 22.8. The maximum atomic E-state index is 13.3. The van der Waals surface area contributed by atoms with Gasteiger partial charge in [0.15, 0.2) is 0 Å². The highest BCUT2D eigenvalue weighted by Gasteiger charge is 2.24. The number of nitrogens with zero attached hydrogens (tertiary/aromatic N) is 4. The fourth-order valence-corrected chi connectivity index (χ4v) is 4.51. The van der Waals surface area contributed by atoms with E-state index in [1.54, 1.807) is 18.2 Å². The Hall–Kier alpha value is -4.52. The molecule has 4 amide bonds. The molecule has 1 aromatic heterocycles. The fourth-order valence-electron chi connectivity index (χ4n) is 4.31. The number of benzene rings is 2. The number of tetrazole rings is 1. The minimum atomic E-state index is -0.790.